The molecule has 1 atom stereocenters. The van der Waals surface area contributed by atoms with Gasteiger partial charge in [0, 0.05) is 16.5 Å². The molecule has 1 amide bonds. The average molecular weight is 394 g/mol. The number of nitrogens with one attached hydrogen (secondary N) is 1. The number of carbonyl (C=O) groups excluding carboxylic acids is 3. The molecular formula is C21H28ClNO4. The summed E-state index contributed by atoms with van der Waals surface area (Å²) in [6.07, 6.45) is 3.76. The minimum Gasteiger partial charge on any atom is -0.456 e. The molecular weight excluding hydrogens is 366 g/mol. The van der Waals surface area contributed by atoms with Crippen molar-refractivity contribution in [3.63, 3.8) is 0 Å². The topological polar surface area (TPSA) is 72.5 Å². The fourth-order valence-electron chi connectivity index (χ4n) is 3.24. The highest BCUT2D eigenvalue weighted by Crippen LogP contribution is 2.28. The molecule has 0 spiro atoms. The summed E-state index contributed by atoms with van der Waals surface area (Å²) in [6.45, 7) is 5.52. The molecule has 1 fully saturated rings. The predicted molar refractivity (Wildman–Crippen MR) is 105 cm³/mol. The zero-order valence-corrected chi connectivity index (χ0v) is 16.9. The Labute approximate surface area is 165 Å². The van der Waals surface area contributed by atoms with Gasteiger partial charge in [-0.15, -0.1) is 0 Å². The van der Waals surface area contributed by atoms with Crippen molar-refractivity contribution in [3.8, 4) is 0 Å². The molecule has 1 aromatic carbocycles. The van der Waals surface area contributed by atoms with E-state index < -0.39 is 12.0 Å². The second-order valence-corrected chi connectivity index (χ2v) is 8.16. The van der Waals surface area contributed by atoms with Crippen molar-refractivity contribution < 1.29 is 19.1 Å². The zero-order chi connectivity index (χ0) is 20.0. The van der Waals surface area contributed by atoms with Crippen molar-refractivity contribution in [3.05, 3.63) is 34.9 Å². The summed E-state index contributed by atoms with van der Waals surface area (Å²) >= 11 is 5.80. The molecule has 27 heavy (non-hydrogen) atoms. The van der Waals surface area contributed by atoms with Gasteiger partial charge in [0.15, 0.2) is 12.4 Å². The van der Waals surface area contributed by atoms with Crippen LogP contribution in [0.3, 0.4) is 0 Å². The lowest BCUT2D eigenvalue weighted by Gasteiger charge is -2.28. The number of halogens is 1. The number of ketones is 1. The van der Waals surface area contributed by atoms with E-state index in [0.29, 0.717) is 16.5 Å². The first-order chi connectivity index (χ1) is 12.8. The molecule has 0 radical (unpaired) electrons. The quantitative estimate of drug-likeness (QED) is 0.560. The maximum absolute atomic E-state index is 12.5. The second-order valence-electron chi connectivity index (χ2n) is 7.72. The van der Waals surface area contributed by atoms with E-state index in [2.05, 4.69) is 12.2 Å². The molecule has 5 nitrogen and oxygen atoms in total. The Kier molecular flexibility index (Phi) is 7.84. The summed E-state index contributed by atoms with van der Waals surface area (Å²) in [5, 5.41) is 3.36. The number of carbonyl (C=O) groups is 3. The van der Waals surface area contributed by atoms with Gasteiger partial charge in [0.25, 0.3) is 0 Å². The predicted octanol–water partition coefficient (Wildman–Crippen LogP) is 4.03. The average Bonchev–Trinajstić information content (AvgIpc) is 2.64. The number of ether oxygens (including phenoxy) is 1. The molecule has 1 aromatic rings. The van der Waals surface area contributed by atoms with Gasteiger partial charge < -0.3 is 10.1 Å². The highest BCUT2D eigenvalue weighted by molar-refractivity contribution is 6.30. The van der Waals surface area contributed by atoms with Crippen molar-refractivity contribution in [1.29, 1.82) is 0 Å². The molecule has 1 aliphatic rings. The maximum atomic E-state index is 12.5. The minimum absolute atomic E-state index is 0.0500. The molecule has 148 valence electrons. The van der Waals surface area contributed by atoms with Crippen LogP contribution in [-0.2, 0) is 14.3 Å². The van der Waals surface area contributed by atoms with E-state index in [4.69, 9.17) is 16.3 Å². The van der Waals surface area contributed by atoms with Gasteiger partial charge in [0.1, 0.15) is 6.04 Å². The fraction of sp³-hybridized carbons (Fsp3) is 0.571. The first-order valence-corrected chi connectivity index (χ1v) is 9.91. The third-order valence-corrected chi connectivity index (χ3v) is 5.37. The molecule has 0 aliphatic heterocycles. The molecule has 2 rings (SSSR count). The van der Waals surface area contributed by atoms with E-state index in [1.807, 2.05) is 13.8 Å². The van der Waals surface area contributed by atoms with Crippen LogP contribution in [0, 0.1) is 17.8 Å². The minimum atomic E-state index is -0.755. The van der Waals surface area contributed by atoms with E-state index in [1.165, 1.54) is 0 Å². The Morgan fingerprint density at radius 3 is 2.26 bits per heavy atom. The molecule has 1 aliphatic carbocycles. The Bertz CT molecular complexity index is 663. The van der Waals surface area contributed by atoms with Gasteiger partial charge in [0.2, 0.25) is 5.91 Å². The van der Waals surface area contributed by atoms with Crippen LogP contribution in [-0.4, -0.2) is 30.3 Å². The number of benzene rings is 1. The van der Waals surface area contributed by atoms with E-state index in [-0.39, 0.29) is 30.1 Å². The Morgan fingerprint density at radius 2 is 1.70 bits per heavy atom. The molecule has 0 saturated heterocycles. The van der Waals surface area contributed by atoms with E-state index >= 15 is 0 Å². The summed E-state index contributed by atoms with van der Waals surface area (Å²) in [6, 6.07) is 5.64. The molecule has 0 aromatic heterocycles. The van der Waals surface area contributed by atoms with Crippen LogP contribution in [0.5, 0.6) is 0 Å². The van der Waals surface area contributed by atoms with Crippen LogP contribution in [0.1, 0.15) is 56.8 Å². The largest absolute Gasteiger partial charge is 0.456 e. The normalized spacial score (nSPS) is 20.8. The molecule has 0 heterocycles. The fourth-order valence-corrected chi connectivity index (χ4v) is 3.36. The molecule has 1 saturated carbocycles. The highest BCUT2D eigenvalue weighted by Gasteiger charge is 2.31. The molecule has 0 bridgehead atoms. The number of amides is 1. The maximum Gasteiger partial charge on any atom is 0.329 e. The van der Waals surface area contributed by atoms with Gasteiger partial charge in [0.05, 0.1) is 0 Å². The molecule has 6 heteroatoms. The van der Waals surface area contributed by atoms with Crippen molar-refractivity contribution >= 4 is 29.3 Å². The van der Waals surface area contributed by atoms with Gasteiger partial charge in [-0.2, -0.15) is 0 Å². The lowest BCUT2D eigenvalue weighted by molar-refractivity contribution is -0.148. The van der Waals surface area contributed by atoms with Gasteiger partial charge in [-0.3, -0.25) is 9.59 Å². The summed E-state index contributed by atoms with van der Waals surface area (Å²) in [5.41, 5.74) is 0.425. The van der Waals surface area contributed by atoms with E-state index in [9.17, 15) is 14.4 Å². The Morgan fingerprint density at radius 1 is 1.11 bits per heavy atom. The van der Waals surface area contributed by atoms with Gasteiger partial charge in [-0.05, 0) is 61.8 Å². The third-order valence-electron chi connectivity index (χ3n) is 5.12. The van der Waals surface area contributed by atoms with Crippen LogP contribution in [0.25, 0.3) is 0 Å². The monoisotopic (exact) mass is 393 g/mol. The van der Waals surface area contributed by atoms with Crippen molar-refractivity contribution in [1.82, 2.24) is 5.32 Å². The Hall–Kier alpha value is -1.88. The van der Waals surface area contributed by atoms with Crippen molar-refractivity contribution in [2.45, 2.75) is 52.5 Å². The summed E-state index contributed by atoms with van der Waals surface area (Å²) in [5.74, 6) is -0.513. The van der Waals surface area contributed by atoms with Crippen molar-refractivity contribution in [2.24, 2.45) is 17.8 Å². The Balaban J connectivity index is 1.89. The highest BCUT2D eigenvalue weighted by atomic mass is 35.5. The number of hydrogen-bond donors (Lipinski definition) is 1. The number of esters is 1. The summed E-state index contributed by atoms with van der Waals surface area (Å²) < 4.78 is 5.18. The van der Waals surface area contributed by atoms with Crippen LogP contribution in [0.15, 0.2) is 24.3 Å². The van der Waals surface area contributed by atoms with Gasteiger partial charge in [-0.1, -0.05) is 32.4 Å². The molecule has 1 N–H and O–H groups in total. The number of hydrogen-bond acceptors (Lipinski definition) is 4. The van der Waals surface area contributed by atoms with Crippen LogP contribution < -0.4 is 5.32 Å². The van der Waals surface area contributed by atoms with Crippen LogP contribution >= 0.6 is 11.6 Å². The number of rotatable bonds is 7. The lowest BCUT2D eigenvalue weighted by atomic mass is 9.82. The molecule has 0 unspecified atom stereocenters. The SMILES string of the molecule is CC1CCC(C(=O)N[C@@H](C(=O)OCC(=O)c2ccc(Cl)cc2)C(C)C)CC1. The summed E-state index contributed by atoms with van der Waals surface area (Å²) in [4.78, 5) is 37.1. The first kappa shape index (κ1) is 21.4. The van der Waals surface area contributed by atoms with Crippen molar-refractivity contribution in [2.75, 3.05) is 6.61 Å². The smallest absolute Gasteiger partial charge is 0.329 e. The van der Waals surface area contributed by atoms with Gasteiger partial charge >= 0.3 is 5.97 Å². The van der Waals surface area contributed by atoms with Crippen LogP contribution in [0.2, 0.25) is 5.02 Å². The van der Waals surface area contributed by atoms with Crippen LogP contribution in [0.4, 0.5) is 0 Å². The standard InChI is InChI=1S/C21H28ClNO4/c1-13(2)19(23-20(25)16-6-4-14(3)5-7-16)21(26)27-12-18(24)15-8-10-17(22)11-9-15/h8-11,13-14,16,19H,4-7,12H2,1-3H3,(H,23,25)/t14?,16?,19-/m1/s1. The lowest BCUT2D eigenvalue weighted by Crippen LogP contribution is -2.48. The summed E-state index contributed by atoms with van der Waals surface area (Å²) in [7, 11) is 0. The third kappa shape index (κ3) is 6.35. The zero-order valence-electron chi connectivity index (χ0n) is 16.2. The van der Waals surface area contributed by atoms with E-state index in [0.717, 1.165) is 25.7 Å². The second kappa shape index (κ2) is 9.88. The number of Topliss-reactive ketones (excluding diaryl/α,β-unsaturated/α-hetero) is 1. The van der Waals surface area contributed by atoms with Gasteiger partial charge in [-0.25, -0.2) is 4.79 Å². The first-order valence-electron chi connectivity index (χ1n) is 9.53. The van der Waals surface area contributed by atoms with E-state index in [1.54, 1.807) is 24.3 Å².